The maximum atomic E-state index is 10.5. The van der Waals surface area contributed by atoms with Gasteiger partial charge >= 0.3 is 0 Å². The van der Waals surface area contributed by atoms with Crippen LogP contribution in [0.1, 0.15) is 44.9 Å². The molecular weight excluding hydrogens is 412 g/mol. The summed E-state index contributed by atoms with van der Waals surface area (Å²) < 4.78 is 18.0. The molecule has 0 bridgehead atoms. The second-order valence-electron chi connectivity index (χ2n) is 9.67. The largest absolute Gasteiger partial charge is 0.394 e. The van der Waals surface area contributed by atoms with E-state index in [1.165, 1.54) is 0 Å². The lowest BCUT2D eigenvalue weighted by molar-refractivity contribution is -0.332. The van der Waals surface area contributed by atoms with Crippen LogP contribution in [0.15, 0.2) is 0 Å². The Kier molecular flexibility index (Phi) is 7.54. The highest BCUT2D eigenvalue weighted by atomic mass is 16.7. The molecule has 11 unspecified atom stereocenters. The zero-order valence-corrected chi connectivity index (χ0v) is 17.5. The van der Waals surface area contributed by atoms with Crippen molar-refractivity contribution in [3.8, 4) is 0 Å². The smallest absolute Gasteiger partial charge is 0.187 e. The van der Waals surface area contributed by atoms with Gasteiger partial charge in [0.15, 0.2) is 6.29 Å². The van der Waals surface area contributed by atoms with Crippen molar-refractivity contribution >= 4 is 0 Å². The molecule has 11 atom stereocenters. The lowest BCUT2D eigenvalue weighted by Crippen LogP contribution is -2.62. The number of aliphatic hydroxyl groups excluding tert-OH is 7. The molecule has 4 rings (SSSR count). The molecule has 2 aliphatic heterocycles. The third kappa shape index (κ3) is 4.93. The molecule has 0 amide bonds. The Morgan fingerprint density at radius 3 is 2.13 bits per heavy atom. The van der Waals surface area contributed by atoms with E-state index in [1.807, 2.05) is 0 Å². The lowest BCUT2D eigenvalue weighted by Gasteiger charge is -2.50. The lowest BCUT2D eigenvalue weighted by atomic mass is 9.73. The summed E-state index contributed by atoms with van der Waals surface area (Å²) in [4.78, 5) is 0. The molecule has 4 aliphatic rings. The van der Waals surface area contributed by atoms with Crippen LogP contribution in [-0.2, 0) is 14.2 Å². The molecule has 2 saturated carbocycles. The monoisotopic (exact) mass is 448 g/mol. The molecule has 7 N–H and O–H groups in total. The van der Waals surface area contributed by atoms with Gasteiger partial charge < -0.3 is 50.0 Å². The van der Waals surface area contributed by atoms with Gasteiger partial charge in [0.2, 0.25) is 0 Å². The predicted molar refractivity (Wildman–Crippen MR) is 105 cm³/mol. The highest BCUT2D eigenvalue weighted by Gasteiger charge is 2.51. The number of aliphatic hydroxyl groups is 7. The van der Waals surface area contributed by atoms with E-state index in [1.54, 1.807) is 0 Å². The second kappa shape index (κ2) is 9.84. The molecule has 0 aromatic carbocycles. The Labute approximate surface area is 181 Å². The molecule has 10 heteroatoms. The first-order valence-electron chi connectivity index (χ1n) is 11.4. The maximum Gasteiger partial charge on any atom is 0.187 e. The predicted octanol–water partition coefficient (Wildman–Crippen LogP) is -1.99. The van der Waals surface area contributed by atoms with Gasteiger partial charge in [0, 0.05) is 5.92 Å². The molecule has 0 spiro atoms. The van der Waals surface area contributed by atoms with Crippen LogP contribution < -0.4 is 0 Å². The summed E-state index contributed by atoms with van der Waals surface area (Å²) in [6, 6.07) is 0. The topological polar surface area (TPSA) is 169 Å². The van der Waals surface area contributed by atoms with Crippen molar-refractivity contribution in [1.82, 2.24) is 0 Å². The molecule has 4 fully saturated rings. The van der Waals surface area contributed by atoms with Crippen LogP contribution >= 0.6 is 0 Å². The first-order valence-corrected chi connectivity index (χ1v) is 11.4. The molecule has 2 saturated heterocycles. The summed E-state index contributed by atoms with van der Waals surface area (Å²) in [6.07, 6.45) is -5.94. The number of hydrogen-bond donors (Lipinski definition) is 7. The summed E-state index contributed by atoms with van der Waals surface area (Å²) in [5.74, 6) is -0.154. The summed E-state index contributed by atoms with van der Waals surface area (Å²) in [5, 5.41) is 70.5. The number of fused-ring (bicyclic) bond motifs is 1. The average Bonchev–Trinajstić information content (AvgIpc) is 2.74. The number of ether oxygens (including phenoxy) is 3. The molecule has 0 aromatic rings. The summed E-state index contributed by atoms with van der Waals surface area (Å²) >= 11 is 0. The van der Waals surface area contributed by atoms with E-state index in [0.29, 0.717) is 25.7 Å². The molecule has 0 radical (unpaired) electrons. The summed E-state index contributed by atoms with van der Waals surface area (Å²) in [5.41, 5.74) is 0. The minimum absolute atomic E-state index is 0.0930. The van der Waals surface area contributed by atoms with E-state index in [-0.39, 0.29) is 30.5 Å². The van der Waals surface area contributed by atoms with E-state index in [2.05, 4.69) is 0 Å². The van der Waals surface area contributed by atoms with E-state index in [0.717, 1.165) is 12.8 Å². The normalized spacial score (nSPS) is 53.7. The fourth-order valence-corrected chi connectivity index (χ4v) is 5.73. The van der Waals surface area contributed by atoms with Crippen LogP contribution in [0.2, 0.25) is 0 Å². The molecule has 0 aromatic heterocycles. The van der Waals surface area contributed by atoms with Gasteiger partial charge in [-0.2, -0.15) is 0 Å². The number of rotatable bonds is 4. The van der Waals surface area contributed by atoms with E-state index in [4.69, 9.17) is 14.2 Å². The molecule has 180 valence electrons. The minimum atomic E-state index is -1.54. The third-order valence-electron chi connectivity index (χ3n) is 7.56. The SMILES string of the molecule is OCC1OC(OC2CC3C(O)CC(O)CC3OC2C2CCC(O)CC2)C(O)C(O)C1O. The van der Waals surface area contributed by atoms with E-state index < -0.39 is 61.7 Å². The van der Waals surface area contributed by atoms with Gasteiger partial charge in [0.25, 0.3) is 0 Å². The van der Waals surface area contributed by atoms with E-state index >= 15 is 0 Å². The van der Waals surface area contributed by atoms with Crippen LogP contribution in [0.25, 0.3) is 0 Å². The van der Waals surface area contributed by atoms with E-state index in [9.17, 15) is 35.7 Å². The van der Waals surface area contributed by atoms with Crippen molar-refractivity contribution in [2.45, 2.75) is 112 Å². The van der Waals surface area contributed by atoms with Crippen molar-refractivity contribution in [3.05, 3.63) is 0 Å². The molecule has 31 heavy (non-hydrogen) atoms. The zero-order chi connectivity index (χ0) is 22.3. The van der Waals surface area contributed by atoms with Crippen molar-refractivity contribution in [2.24, 2.45) is 11.8 Å². The van der Waals surface area contributed by atoms with Crippen molar-refractivity contribution < 1.29 is 50.0 Å². The zero-order valence-electron chi connectivity index (χ0n) is 17.5. The van der Waals surface area contributed by atoms with Crippen molar-refractivity contribution in [2.75, 3.05) is 6.61 Å². The highest BCUT2D eigenvalue weighted by molar-refractivity contribution is 4.98. The highest BCUT2D eigenvalue weighted by Crippen LogP contribution is 2.43. The summed E-state index contributed by atoms with van der Waals surface area (Å²) in [7, 11) is 0. The van der Waals surface area contributed by atoms with Gasteiger partial charge in [-0.05, 0) is 50.9 Å². The van der Waals surface area contributed by atoms with Crippen LogP contribution in [0.4, 0.5) is 0 Å². The Morgan fingerprint density at radius 2 is 1.45 bits per heavy atom. The standard InChI is InChI=1S/C21H36O10/c22-8-16-17(26)18(27)19(28)21(31-16)30-15-7-12-13(25)5-11(24)6-14(12)29-20(15)9-1-3-10(23)4-2-9/h9-28H,1-8H2. The Balaban J connectivity index is 1.52. The van der Waals surface area contributed by atoms with Crippen LogP contribution in [-0.4, -0.2) is 110 Å². The summed E-state index contributed by atoms with van der Waals surface area (Å²) in [6.45, 7) is -0.544. The van der Waals surface area contributed by atoms with Crippen molar-refractivity contribution in [3.63, 3.8) is 0 Å². The average molecular weight is 449 g/mol. The van der Waals surface area contributed by atoms with Gasteiger partial charge in [-0.3, -0.25) is 0 Å². The van der Waals surface area contributed by atoms with Gasteiger partial charge in [0.1, 0.15) is 24.4 Å². The molecule has 2 aliphatic carbocycles. The van der Waals surface area contributed by atoms with Crippen molar-refractivity contribution in [1.29, 1.82) is 0 Å². The van der Waals surface area contributed by atoms with Crippen LogP contribution in [0, 0.1) is 11.8 Å². The van der Waals surface area contributed by atoms with Crippen LogP contribution in [0.5, 0.6) is 0 Å². The Morgan fingerprint density at radius 1 is 0.742 bits per heavy atom. The first-order chi connectivity index (χ1) is 14.8. The molecular formula is C21H36O10. The first kappa shape index (κ1) is 23.7. The second-order valence-corrected chi connectivity index (χ2v) is 9.67. The molecule has 2 heterocycles. The fraction of sp³-hybridized carbons (Fsp3) is 1.00. The van der Waals surface area contributed by atoms with Gasteiger partial charge in [-0.15, -0.1) is 0 Å². The Hall–Kier alpha value is -0.400. The third-order valence-corrected chi connectivity index (χ3v) is 7.56. The molecule has 10 nitrogen and oxygen atoms in total. The maximum absolute atomic E-state index is 10.5. The van der Waals surface area contributed by atoms with Gasteiger partial charge in [0.05, 0.1) is 43.2 Å². The quantitative estimate of drug-likeness (QED) is 0.256. The minimum Gasteiger partial charge on any atom is -0.394 e. The fourth-order valence-electron chi connectivity index (χ4n) is 5.73. The van der Waals surface area contributed by atoms with Gasteiger partial charge in [-0.25, -0.2) is 0 Å². The van der Waals surface area contributed by atoms with Gasteiger partial charge in [-0.1, -0.05) is 0 Å². The number of hydrogen-bond acceptors (Lipinski definition) is 10. The van der Waals surface area contributed by atoms with Crippen LogP contribution in [0.3, 0.4) is 0 Å². The Bertz CT molecular complexity index is 583.